The molecule has 0 saturated carbocycles. The second-order valence-corrected chi connectivity index (χ2v) is 4.75. The van der Waals surface area contributed by atoms with Crippen molar-refractivity contribution in [3.8, 4) is 0 Å². The molecule has 122 valence electrons. The maximum atomic E-state index is 11.4. The maximum absolute atomic E-state index is 11.4. The van der Waals surface area contributed by atoms with Gasteiger partial charge in [0, 0.05) is 6.54 Å². The second-order valence-electron chi connectivity index (χ2n) is 4.75. The SMILES string of the molecule is CCOC(=O)C(O)CCCCNC(=O)OCc1ccccc1. The molecule has 1 amide bonds. The summed E-state index contributed by atoms with van der Waals surface area (Å²) in [4.78, 5) is 22.6. The molecule has 2 N–H and O–H groups in total. The first-order valence-electron chi connectivity index (χ1n) is 7.42. The summed E-state index contributed by atoms with van der Waals surface area (Å²) < 4.78 is 9.75. The van der Waals surface area contributed by atoms with Crippen molar-refractivity contribution >= 4 is 12.1 Å². The molecule has 1 unspecified atom stereocenters. The summed E-state index contributed by atoms with van der Waals surface area (Å²) in [6.45, 7) is 2.61. The quantitative estimate of drug-likeness (QED) is 0.538. The fourth-order valence-corrected chi connectivity index (χ4v) is 1.78. The smallest absolute Gasteiger partial charge is 0.407 e. The Balaban J connectivity index is 2.04. The molecule has 6 heteroatoms. The van der Waals surface area contributed by atoms with Crippen LogP contribution in [0.1, 0.15) is 31.7 Å². The number of rotatable bonds is 9. The van der Waals surface area contributed by atoms with Gasteiger partial charge in [0.15, 0.2) is 6.10 Å². The van der Waals surface area contributed by atoms with Crippen LogP contribution in [-0.4, -0.2) is 36.4 Å². The van der Waals surface area contributed by atoms with Gasteiger partial charge in [-0.2, -0.15) is 0 Å². The van der Waals surface area contributed by atoms with Crippen LogP contribution in [0.5, 0.6) is 0 Å². The molecule has 22 heavy (non-hydrogen) atoms. The summed E-state index contributed by atoms with van der Waals surface area (Å²) in [5.74, 6) is -0.599. The minimum Gasteiger partial charge on any atom is -0.464 e. The lowest BCUT2D eigenvalue weighted by Gasteiger charge is -2.10. The zero-order valence-electron chi connectivity index (χ0n) is 12.8. The number of alkyl carbamates (subject to hydrolysis) is 1. The minimum absolute atomic E-state index is 0.230. The third kappa shape index (κ3) is 7.64. The standard InChI is InChI=1S/C16H23NO5/c1-2-21-15(19)14(18)10-6-7-11-17-16(20)22-12-13-8-4-3-5-9-13/h3-5,8-9,14,18H,2,6-7,10-12H2,1H3,(H,17,20). The largest absolute Gasteiger partial charge is 0.464 e. The molecular weight excluding hydrogens is 286 g/mol. The summed E-state index contributed by atoms with van der Waals surface area (Å²) in [6, 6.07) is 9.42. The Hall–Kier alpha value is -2.08. The number of carbonyl (C=O) groups is 2. The lowest BCUT2D eigenvalue weighted by molar-refractivity contribution is -0.153. The van der Waals surface area contributed by atoms with E-state index in [4.69, 9.17) is 9.47 Å². The van der Waals surface area contributed by atoms with Crippen molar-refractivity contribution in [3.63, 3.8) is 0 Å². The zero-order valence-corrected chi connectivity index (χ0v) is 12.8. The number of amides is 1. The van der Waals surface area contributed by atoms with Gasteiger partial charge in [0.1, 0.15) is 6.61 Å². The highest BCUT2D eigenvalue weighted by atomic mass is 16.6. The number of hydrogen-bond donors (Lipinski definition) is 2. The highest BCUT2D eigenvalue weighted by molar-refractivity contribution is 5.74. The Morgan fingerprint density at radius 2 is 1.91 bits per heavy atom. The minimum atomic E-state index is -1.09. The van der Waals surface area contributed by atoms with E-state index in [1.165, 1.54) is 0 Å². The monoisotopic (exact) mass is 309 g/mol. The summed E-state index contributed by atoms with van der Waals surface area (Å²) in [5, 5.41) is 12.1. The van der Waals surface area contributed by atoms with Gasteiger partial charge in [0.05, 0.1) is 6.61 Å². The van der Waals surface area contributed by atoms with Gasteiger partial charge < -0.3 is 19.9 Å². The molecule has 0 saturated heterocycles. The summed E-state index contributed by atoms with van der Waals surface area (Å²) >= 11 is 0. The predicted octanol–water partition coefficient (Wildman–Crippen LogP) is 2.01. The van der Waals surface area contributed by atoms with E-state index in [0.29, 0.717) is 25.8 Å². The number of esters is 1. The molecule has 0 fully saturated rings. The van der Waals surface area contributed by atoms with E-state index in [2.05, 4.69) is 5.32 Å². The fraction of sp³-hybridized carbons (Fsp3) is 0.500. The Morgan fingerprint density at radius 1 is 1.18 bits per heavy atom. The van der Waals surface area contributed by atoms with Crippen molar-refractivity contribution < 1.29 is 24.2 Å². The number of aliphatic hydroxyl groups is 1. The molecule has 0 aliphatic heterocycles. The molecule has 0 bridgehead atoms. The third-order valence-electron chi connectivity index (χ3n) is 2.95. The first kappa shape index (κ1) is 18.0. The van der Waals surface area contributed by atoms with E-state index >= 15 is 0 Å². The van der Waals surface area contributed by atoms with Crippen molar-refractivity contribution in [2.75, 3.05) is 13.2 Å². The van der Waals surface area contributed by atoms with Crippen molar-refractivity contribution in [1.82, 2.24) is 5.32 Å². The van der Waals surface area contributed by atoms with E-state index in [-0.39, 0.29) is 13.2 Å². The van der Waals surface area contributed by atoms with E-state index < -0.39 is 18.2 Å². The van der Waals surface area contributed by atoms with Crippen LogP contribution in [0.4, 0.5) is 4.79 Å². The molecule has 0 aromatic heterocycles. The van der Waals surface area contributed by atoms with E-state index in [9.17, 15) is 14.7 Å². The summed E-state index contributed by atoms with van der Waals surface area (Å²) in [5.41, 5.74) is 0.926. The Labute approximate surface area is 130 Å². The number of aliphatic hydroxyl groups excluding tert-OH is 1. The van der Waals surface area contributed by atoms with Crippen molar-refractivity contribution in [1.29, 1.82) is 0 Å². The third-order valence-corrected chi connectivity index (χ3v) is 2.95. The van der Waals surface area contributed by atoms with Gasteiger partial charge in [-0.25, -0.2) is 9.59 Å². The van der Waals surface area contributed by atoms with E-state index in [1.54, 1.807) is 6.92 Å². The molecular formula is C16H23NO5. The molecule has 0 radical (unpaired) electrons. The van der Waals surface area contributed by atoms with Crippen LogP contribution in [0.15, 0.2) is 30.3 Å². The van der Waals surface area contributed by atoms with E-state index in [1.807, 2.05) is 30.3 Å². The summed E-state index contributed by atoms with van der Waals surface area (Å²) in [7, 11) is 0. The highest BCUT2D eigenvalue weighted by Gasteiger charge is 2.15. The fourth-order valence-electron chi connectivity index (χ4n) is 1.78. The molecule has 6 nitrogen and oxygen atoms in total. The number of hydrogen-bond acceptors (Lipinski definition) is 5. The van der Waals surface area contributed by atoms with Gasteiger partial charge in [-0.3, -0.25) is 0 Å². The van der Waals surface area contributed by atoms with Crippen molar-refractivity contribution in [3.05, 3.63) is 35.9 Å². The van der Waals surface area contributed by atoms with Gasteiger partial charge >= 0.3 is 12.1 Å². The Kier molecular flexibility index (Phi) is 8.67. The van der Waals surface area contributed by atoms with Crippen LogP contribution >= 0.6 is 0 Å². The van der Waals surface area contributed by atoms with E-state index in [0.717, 1.165) is 5.56 Å². The lowest BCUT2D eigenvalue weighted by atomic mass is 10.1. The number of carbonyl (C=O) groups excluding carboxylic acids is 2. The van der Waals surface area contributed by atoms with Crippen molar-refractivity contribution in [2.24, 2.45) is 0 Å². The zero-order chi connectivity index (χ0) is 16.2. The molecule has 0 aliphatic carbocycles. The van der Waals surface area contributed by atoms with Crippen LogP contribution in [0.2, 0.25) is 0 Å². The Morgan fingerprint density at radius 3 is 2.59 bits per heavy atom. The number of ether oxygens (including phenoxy) is 2. The van der Waals surface area contributed by atoms with Crippen LogP contribution < -0.4 is 5.32 Å². The number of nitrogens with one attached hydrogen (secondary N) is 1. The van der Waals surface area contributed by atoms with Gasteiger partial charge in [-0.15, -0.1) is 0 Å². The molecule has 1 atom stereocenters. The predicted molar refractivity (Wildman–Crippen MR) is 81.1 cm³/mol. The molecule has 0 spiro atoms. The lowest BCUT2D eigenvalue weighted by Crippen LogP contribution is -2.26. The Bertz CT molecular complexity index is 449. The molecule has 1 aromatic rings. The van der Waals surface area contributed by atoms with Crippen LogP contribution in [0.25, 0.3) is 0 Å². The average molecular weight is 309 g/mol. The first-order chi connectivity index (χ1) is 10.6. The first-order valence-corrected chi connectivity index (χ1v) is 7.42. The van der Waals surface area contributed by atoms with Crippen LogP contribution in [0.3, 0.4) is 0 Å². The molecule has 1 rings (SSSR count). The van der Waals surface area contributed by atoms with Gasteiger partial charge in [-0.1, -0.05) is 30.3 Å². The molecule has 1 aromatic carbocycles. The second kappa shape index (κ2) is 10.6. The average Bonchev–Trinajstić information content (AvgIpc) is 2.53. The number of benzene rings is 1. The van der Waals surface area contributed by atoms with Gasteiger partial charge in [0.25, 0.3) is 0 Å². The summed E-state index contributed by atoms with van der Waals surface area (Å²) in [6.07, 6.45) is 0.00914. The highest BCUT2D eigenvalue weighted by Crippen LogP contribution is 2.03. The molecule has 0 heterocycles. The topological polar surface area (TPSA) is 84.9 Å². The van der Waals surface area contributed by atoms with Crippen LogP contribution in [0, 0.1) is 0 Å². The number of unbranched alkanes of at least 4 members (excludes halogenated alkanes) is 1. The normalized spacial score (nSPS) is 11.5. The van der Waals surface area contributed by atoms with Gasteiger partial charge in [0.2, 0.25) is 0 Å². The molecule has 0 aliphatic rings. The van der Waals surface area contributed by atoms with Gasteiger partial charge in [-0.05, 0) is 31.7 Å². The maximum Gasteiger partial charge on any atom is 0.407 e. The van der Waals surface area contributed by atoms with Crippen LogP contribution in [-0.2, 0) is 20.9 Å². The van der Waals surface area contributed by atoms with Crippen molar-refractivity contribution in [2.45, 2.75) is 38.9 Å².